The van der Waals surface area contributed by atoms with Crippen molar-refractivity contribution < 1.29 is 4.79 Å². The molecule has 1 amide bonds. The summed E-state index contributed by atoms with van der Waals surface area (Å²) in [7, 11) is 1.72. The smallest absolute Gasteiger partial charge is 0.244 e. The average molecular weight is 303 g/mol. The number of carbonyl (C=O) groups excluding carboxylic acids is 1. The second-order valence-electron chi connectivity index (χ2n) is 4.86. The van der Waals surface area contributed by atoms with Crippen LogP contribution in [0.1, 0.15) is 28.8 Å². The molecular weight excluding hydrogens is 286 g/mol. The number of nitrogens with zero attached hydrogens (tertiary/aromatic N) is 4. The third-order valence-corrected chi connectivity index (χ3v) is 4.47. The molecule has 1 heterocycles. The lowest BCUT2D eigenvalue weighted by Gasteiger charge is -2.11. The molecule has 6 nitrogen and oxygen atoms in total. The Morgan fingerprint density at radius 3 is 3.05 bits per heavy atom. The number of amides is 1. The van der Waals surface area contributed by atoms with E-state index in [0.717, 1.165) is 31.2 Å². The number of hydrogen-bond donors (Lipinski definition) is 1. The summed E-state index contributed by atoms with van der Waals surface area (Å²) in [6, 6.07) is 2.23. The predicted octanol–water partition coefficient (Wildman–Crippen LogP) is 2.01. The van der Waals surface area contributed by atoms with Gasteiger partial charge in [0.15, 0.2) is 0 Å². The van der Waals surface area contributed by atoms with Crippen molar-refractivity contribution in [2.24, 2.45) is 10.2 Å². The normalized spacial score (nSPS) is 13.5. The molecule has 0 spiro atoms. The summed E-state index contributed by atoms with van der Waals surface area (Å²) in [6.45, 7) is 3.38. The molecule has 0 saturated carbocycles. The van der Waals surface area contributed by atoms with Gasteiger partial charge in [-0.3, -0.25) is 4.79 Å². The van der Waals surface area contributed by atoms with Crippen LogP contribution in [-0.2, 0) is 17.6 Å². The van der Waals surface area contributed by atoms with Crippen molar-refractivity contribution in [1.29, 1.82) is 5.26 Å². The molecule has 7 heteroatoms. The number of likely N-dealkylation sites (N-methyl/N-ethyl adjacent to an activating group) is 1. The first-order valence-electron chi connectivity index (χ1n) is 6.69. The second-order valence-corrected chi connectivity index (χ2v) is 5.97. The van der Waals surface area contributed by atoms with E-state index in [0.29, 0.717) is 10.6 Å². The number of thiophene rings is 1. The Morgan fingerprint density at radius 2 is 2.33 bits per heavy atom. The van der Waals surface area contributed by atoms with Crippen molar-refractivity contribution in [1.82, 2.24) is 4.90 Å². The number of fused-ring (bicyclic) bond motifs is 1. The molecule has 0 radical (unpaired) electrons. The van der Waals surface area contributed by atoms with Gasteiger partial charge in [0.2, 0.25) is 5.91 Å². The van der Waals surface area contributed by atoms with Gasteiger partial charge in [-0.15, -0.1) is 16.4 Å². The van der Waals surface area contributed by atoms with Crippen LogP contribution in [0.25, 0.3) is 0 Å². The minimum Gasteiger partial charge on any atom is -0.355 e. The zero-order chi connectivity index (χ0) is 15.2. The topological polar surface area (TPSA) is 80.8 Å². The molecule has 0 bridgehead atoms. The molecule has 0 saturated heterocycles. The van der Waals surface area contributed by atoms with Crippen molar-refractivity contribution >= 4 is 35.3 Å². The van der Waals surface area contributed by atoms with Crippen LogP contribution in [0, 0.1) is 11.3 Å². The molecule has 1 aromatic heterocycles. The van der Waals surface area contributed by atoms with Gasteiger partial charge in [-0.1, -0.05) is 0 Å². The highest BCUT2D eigenvalue weighted by molar-refractivity contribution is 7.16. The fraction of sp³-hybridized carbons (Fsp3) is 0.429. The average Bonchev–Trinajstić information content (AvgIpc) is 2.81. The van der Waals surface area contributed by atoms with Crippen LogP contribution in [0.4, 0.5) is 5.00 Å². The van der Waals surface area contributed by atoms with Crippen LogP contribution < -0.4 is 5.32 Å². The Kier molecular flexibility index (Phi) is 5.06. The first-order valence-corrected chi connectivity index (χ1v) is 7.51. The molecular formula is C14H17N5OS. The number of nitrogens with one attached hydrogen (secondary N) is 1. The minimum absolute atomic E-state index is 0.145. The van der Waals surface area contributed by atoms with Crippen molar-refractivity contribution in [3.8, 4) is 6.07 Å². The Balaban J connectivity index is 2.07. The van der Waals surface area contributed by atoms with Crippen molar-refractivity contribution in [2.45, 2.75) is 25.7 Å². The quantitative estimate of drug-likeness (QED) is 0.513. The summed E-state index contributed by atoms with van der Waals surface area (Å²) >= 11 is 1.52. The summed E-state index contributed by atoms with van der Waals surface area (Å²) in [6.07, 6.45) is 5.63. The first-order chi connectivity index (χ1) is 10.2. The van der Waals surface area contributed by atoms with Gasteiger partial charge < -0.3 is 10.2 Å². The summed E-state index contributed by atoms with van der Waals surface area (Å²) in [5, 5.41) is 19.8. The molecule has 110 valence electrons. The summed E-state index contributed by atoms with van der Waals surface area (Å²) in [5.74, 6) is -0.178. The number of carbonyl (C=O) groups is 1. The highest BCUT2D eigenvalue weighted by Gasteiger charge is 2.21. The highest BCUT2D eigenvalue weighted by atomic mass is 32.1. The first kappa shape index (κ1) is 15.2. The molecule has 1 aliphatic rings. The molecule has 1 aliphatic carbocycles. The lowest BCUT2D eigenvalue weighted by molar-refractivity contribution is -0.116. The van der Waals surface area contributed by atoms with Gasteiger partial charge in [-0.25, -0.2) is 0 Å². The molecule has 1 aromatic rings. The Labute approximate surface area is 127 Å². The third-order valence-electron chi connectivity index (χ3n) is 3.26. The number of nitriles is 1. The lowest BCUT2D eigenvalue weighted by atomic mass is 9.96. The third kappa shape index (κ3) is 3.67. The van der Waals surface area contributed by atoms with Crippen molar-refractivity contribution in [3.05, 3.63) is 16.0 Å². The van der Waals surface area contributed by atoms with E-state index in [1.165, 1.54) is 22.6 Å². The van der Waals surface area contributed by atoms with Crippen molar-refractivity contribution in [3.63, 3.8) is 0 Å². The summed E-state index contributed by atoms with van der Waals surface area (Å²) < 4.78 is 0. The van der Waals surface area contributed by atoms with Gasteiger partial charge in [0.05, 0.1) is 12.1 Å². The van der Waals surface area contributed by atoms with Crippen LogP contribution in [0.5, 0.6) is 0 Å². The monoisotopic (exact) mass is 303 g/mol. The zero-order valence-electron chi connectivity index (χ0n) is 11.9. The van der Waals surface area contributed by atoms with Crippen LogP contribution in [-0.4, -0.2) is 37.5 Å². The molecule has 2 rings (SSSR count). The van der Waals surface area contributed by atoms with Crippen LogP contribution in [0.15, 0.2) is 10.2 Å². The van der Waals surface area contributed by atoms with Gasteiger partial charge >= 0.3 is 0 Å². The highest BCUT2D eigenvalue weighted by Crippen LogP contribution is 2.37. The van der Waals surface area contributed by atoms with E-state index in [1.807, 2.05) is 0 Å². The van der Waals surface area contributed by atoms with E-state index >= 15 is 0 Å². The molecule has 1 N–H and O–H groups in total. The molecule has 0 atom stereocenters. The predicted molar refractivity (Wildman–Crippen MR) is 85.0 cm³/mol. The SMILES string of the molecule is C=N/N=C\N(C)CC(=O)Nc1sc2c(c1C#N)CCCC2. The van der Waals surface area contributed by atoms with E-state index in [9.17, 15) is 10.1 Å². The summed E-state index contributed by atoms with van der Waals surface area (Å²) in [4.78, 5) is 14.8. The number of rotatable bonds is 5. The van der Waals surface area contributed by atoms with Gasteiger partial charge in [0, 0.05) is 18.6 Å². The standard InChI is InChI=1S/C14H17N5OS/c1-16-17-9-19(2)8-13(20)18-14-11(7-15)10-5-3-4-6-12(10)21-14/h9H,1,3-6,8H2,2H3,(H,18,20)/b17-9-. The number of anilines is 1. The number of aryl methyl sites for hydroxylation is 1. The maximum atomic E-state index is 12.0. The lowest BCUT2D eigenvalue weighted by Crippen LogP contribution is -2.29. The molecule has 21 heavy (non-hydrogen) atoms. The van der Waals surface area contributed by atoms with Gasteiger partial charge in [-0.05, 0) is 31.2 Å². The Bertz CT molecular complexity index is 614. The molecule has 0 aliphatic heterocycles. The van der Waals surface area contributed by atoms with E-state index < -0.39 is 0 Å². The molecule has 0 aromatic carbocycles. The van der Waals surface area contributed by atoms with Crippen LogP contribution in [0.3, 0.4) is 0 Å². The van der Waals surface area contributed by atoms with Crippen LogP contribution >= 0.6 is 11.3 Å². The second kappa shape index (κ2) is 6.99. The fourth-order valence-electron chi connectivity index (χ4n) is 2.33. The minimum atomic E-state index is -0.178. The molecule has 0 fully saturated rings. The Morgan fingerprint density at radius 1 is 1.57 bits per heavy atom. The van der Waals surface area contributed by atoms with Gasteiger partial charge in [-0.2, -0.15) is 10.4 Å². The van der Waals surface area contributed by atoms with E-state index in [-0.39, 0.29) is 12.5 Å². The fourth-order valence-corrected chi connectivity index (χ4v) is 3.59. The van der Waals surface area contributed by atoms with E-state index in [2.05, 4.69) is 28.3 Å². The zero-order valence-corrected chi connectivity index (χ0v) is 12.7. The Hall–Kier alpha value is -2.20. The molecule has 0 unspecified atom stereocenters. The van der Waals surface area contributed by atoms with Gasteiger partial charge in [0.1, 0.15) is 17.4 Å². The summed E-state index contributed by atoms with van der Waals surface area (Å²) in [5.41, 5.74) is 1.75. The number of hydrogen-bond acceptors (Lipinski definition) is 5. The largest absolute Gasteiger partial charge is 0.355 e. The van der Waals surface area contributed by atoms with E-state index in [4.69, 9.17) is 0 Å². The maximum absolute atomic E-state index is 12.0. The van der Waals surface area contributed by atoms with Crippen molar-refractivity contribution in [2.75, 3.05) is 18.9 Å². The van der Waals surface area contributed by atoms with E-state index in [1.54, 1.807) is 11.9 Å². The van der Waals surface area contributed by atoms with Crippen LogP contribution in [0.2, 0.25) is 0 Å². The van der Waals surface area contributed by atoms with Gasteiger partial charge in [0.25, 0.3) is 0 Å². The maximum Gasteiger partial charge on any atom is 0.244 e.